The first-order valence-corrected chi connectivity index (χ1v) is 5.37. The summed E-state index contributed by atoms with van der Waals surface area (Å²) in [6, 6.07) is 1.99. The zero-order valence-electron chi connectivity index (χ0n) is 9.43. The first kappa shape index (κ1) is 13.4. The predicted molar refractivity (Wildman–Crippen MR) is 62.3 cm³/mol. The van der Waals surface area contributed by atoms with E-state index in [9.17, 15) is 22.8 Å². The molecule has 0 unspecified atom stereocenters. The summed E-state index contributed by atoms with van der Waals surface area (Å²) in [7, 11) is 0. The van der Waals surface area contributed by atoms with Gasteiger partial charge >= 0.3 is 5.69 Å². The first-order chi connectivity index (χ1) is 8.84. The van der Waals surface area contributed by atoms with Crippen molar-refractivity contribution in [2.24, 2.45) is 0 Å². The van der Waals surface area contributed by atoms with E-state index in [0.29, 0.717) is 0 Å². The third kappa shape index (κ3) is 2.06. The number of hydrogen-bond acceptors (Lipinski definition) is 2. The summed E-state index contributed by atoms with van der Waals surface area (Å²) in [6.45, 7) is 1.31. The van der Waals surface area contributed by atoms with Gasteiger partial charge in [-0.15, -0.1) is 0 Å². The van der Waals surface area contributed by atoms with E-state index in [1.807, 2.05) is 0 Å². The van der Waals surface area contributed by atoms with Gasteiger partial charge in [-0.25, -0.2) is 18.1 Å². The highest BCUT2D eigenvalue weighted by molar-refractivity contribution is 6.29. The fourth-order valence-corrected chi connectivity index (χ4v) is 1.70. The molecule has 0 bridgehead atoms. The molecule has 0 aliphatic rings. The maximum absolute atomic E-state index is 13.8. The van der Waals surface area contributed by atoms with E-state index in [2.05, 4.69) is 0 Å². The van der Waals surface area contributed by atoms with Gasteiger partial charge in [-0.2, -0.15) is 4.39 Å². The van der Waals surface area contributed by atoms with Gasteiger partial charge in [0, 0.05) is 0 Å². The van der Waals surface area contributed by atoms with Crippen molar-refractivity contribution in [1.29, 1.82) is 0 Å². The van der Waals surface area contributed by atoms with E-state index in [4.69, 9.17) is 11.6 Å². The van der Waals surface area contributed by atoms with Crippen LogP contribution in [0.15, 0.2) is 21.7 Å². The Bertz CT molecular complexity index is 783. The number of hydrogen-bond donors (Lipinski definition) is 1. The van der Waals surface area contributed by atoms with E-state index < -0.39 is 39.5 Å². The Morgan fingerprint density at radius 3 is 2.42 bits per heavy atom. The average molecular weight is 291 g/mol. The molecule has 1 N–H and O–H groups in total. The molecule has 1 aromatic carbocycles. The number of benzene rings is 1. The van der Waals surface area contributed by atoms with Gasteiger partial charge in [-0.1, -0.05) is 17.7 Å². The number of H-pyrrole nitrogens is 1. The van der Waals surface area contributed by atoms with Gasteiger partial charge < -0.3 is 0 Å². The number of nitrogens with zero attached hydrogens (tertiary/aromatic N) is 1. The summed E-state index contributed by atoms with van der Waals surface area (Å²) in [5.41, 5.74) is -3.71. The highest BCUT2D eigenvalue weighted by Gasteiger charge is 2.20. The normalized spacial score (nSPS) is 10.8. The maximum Gasteiger partial charge on any atom is 0.334 e. The van der Waals surface area contributed by atoms with Crippen LogP contribution in [-0.4, -0.2) is 9.55 Å². The summed E-state index contributed by atoms with van der Waals surface area (Å²) in [6.07, 6.45) is 0. The van der Waals surface area contributed by atoms with E-state index in [1.165, 1.54) is 6.92 Å². The Morgan fingerprint density at radius 1 is 1.16 bits per heavy atom. The lowest BCUT2D eigenvalue weighted by Gasteiger charge is -2.09. The minimum Gasteiger partial charge on any atom is -0.295 e. The lowest BCUT2D eigenvalue weighted by Crippen LogP contribution is -2.37. The fraction of sp³-hybridized carbons (Fsp3) is 0.0909. The number of aromatic amines is 1. The molecule has 1 heterocycles. The van der Waals surface area contributed by atoms with Gasteiger partial charge in [0.1, 0.15) is 5.69 Å². The highest BCUT2D eigenvalue weighted by atomic mass is 35.5. The van der Waals surface area contributed by atoms with Crippen molar-refractivity contribution < 1.29 is 13.2 Å². The molecule has 0 fully saturated rings. The van der Waals surface area contributed by atoms with Crippen LogP contribution in [0.4, 0.5) is 13.2 Å². The Balaban J connectivity index is 2.97. The number of rotatable bonds is 1. The minimum atomic E-state index is -1.53. The largest absolute Gasteiger partial charge is 0.334 e. The molecule has 100 valence electrons. The second-order valence-electron chi connectivity index (χ2n) is 3.73. The summed E-state index contributed by atoms with van der Waals surface area (Å²) in [5, 5.41) is -0.820. The molecule has 2 aromatic rings. The molecule has 0 saturated heterocycles. The van der Waals surface area contributed by atoms with Crippen molar-refractivity contribution >= 4 is 11.6 Å². The topological polar surface area (TPSA) is 54.9 Å². The van der Waals surface area contributed by atoms with Gasteiger partial charge in [0.05, 0.1) is 0 Å². The Morgan fingerprint density at radius 2 is 1.79 bits per heavy atom. The third-order valence-electron chi connectivity index (χ3n) is 2.49. The lowest BCUT2D eigenvalue weighted by atomic mass is 10.2. The number of halogens is 4. The minimum absolute atomic E-state index is 0.00180. The number of nitrogens with one attached hydrogen (secondary N) is 1. The molecular formula is C11H6ClF3N2O2. The molecule has 0 aliphatic heterocycles. The van der Waals surface area contributed by atoms with Crippen LogP contribution in [0.1, 0.15) is 5.56 Å². The van der Waals surface area contributed by atoms with Crippen LogP contribution in [0.3, 0.4) is 0 Å². The maximum atomic E-state index is 13.8. The van der Waals surface area contributed by atoms with Crippen LogP contribution >= 0.6 is 11.6 Å². The van der Waals surface area contributed by atoms with Crippen molar-refractivity contribution in [2.45, 2.75) is 6.92 Å². The van der Waals surface area contributed by atoms with E-state index in [1.54, 1.807) is 4.98 Å². The predicted octanol–water partition coefficient (Wildman–Crippen LogP) is 1.90. The van der Waals surface area contributed by atoms with Crippen LogP contribution in [0, 0.1) is 24.4 Å². The molecule has 0 aliphatic carbocycles. The molecule has 0 spiro atoms. The van der Waals surface area contributed by atoms with Gasteiger partial charge in [0.25, 0.3) is 5.56 Å². The second-order valence-corrected chi connectivity index (χ2v) is 4.10. The highest BCUT2D eigenvalue weighted by Crippen LogP contribution is 2.18. The zero-order chi connectivity index (χ0) is 14.3. The van der Waals surface area contributed by atoms with E-state index in [-0.39, 0.29) is 10.1 Å². The van der Waals surface area contributed by atoms with Gasteiger partial charge in [-0.3, -0.25) is 9.78 Å². The van der Waals surface area contributed by atoms with Crippen molar-refractivity contribution in [2.75, 3.05) is 0 Å². The van der Waals surface area contributed by atoms with Crippen LogP contribution in [0.25, 0.3) is 5.69 Å². The van der Waals surface area contributed by atoms with Gasteiger partial charge in [0.2, 0.25) is 5.82 Å². The Labute approximate surface area is 109 Å². The third-order valence-corrected chi connectivity index (χ3v) is 2.75. The summed E-state index contributed by atoms with van der Waals surface area (Å²) < 4.78 is 40.8. The summed E-state index contributed by atoms with van der Waals surface area (Å²) in [5.74, 6) is -3.80. The van der Waals surface area contributed by atoms with E-state index in [0.717, 1.165) is 12.1 Å². The summed E-state index contributed by atoms with van der Waals surface area (Å²) >= 11 is 5.26. The van der Waals surface area contributed by atoms with Crippen molar-refractivity contribution in [1.82, 2.24) is 9.55 Å². The first-order valence-electron chi connectivity index (χ1n) is 5.00. The number of aryl methyl sites for hydroxylation is 1. The molecule has 0 saturated carbocycles. The molecular weight excluding hydrogens is 285 g/mol. The monoisotopic (exact) mass is 290 g/mol. The second kappa shape index (κ2) is 4.58. The zero-order valence-corrected chi connectivity index (χ0v) is 10.2. The van der Waals surface area contributed by atoms with Crippen LogP contribution in [0.5, 0.6) is 0 Å². The molecule has 1 aromatic heterocycles. The SMILES string of the molecule is Cc1ccc(F)c(-n2c(=O)[nH]c(Cl)c(F)c2=O)c1F. The quantitative estimate of drug-likeness (QED) is 0.816. The summed E-state index contributed by atoms with van der Waals surface area (Å²) in [4.78, 5) is 24.9. The van der Waals surface area contributed by atoms with Crippen molar-refractivity contribution in [3.63, 3.8) is 0 Å². The molecule has 0 atom stereocenters. The molecule has 0 radical (unpaired) electrons. The van der Waals surface area contributed by atoms with Crippen LogP contribution < -0.4 is 11.2 Å². The standard InChI is InChI=1S/C11H6ClF3N2O2/c1-4-2-3-5(13)8(6(4)14)17-10(18)7(15)9(12)16-11(17)19/h2-3H,1H3,(H,16,19). The lowest BCUT2D eigenvalue weighted by molar-refractivity contribution is 0.540. The number of aromatic nitrogens is 2. The molecule has 8 heteroatoms. The van der Waals surface area contributed by atoms with E-state index >= 15 is 0 Å². The van der Waals surface area contributed by atoms with Crippen molar-refractivity contribution in [3.8, 4) is 5.69 Å². The molecule has 0 amide bonds. The average Bonchev–Trinajstić information content (AvgIpc) is 2.35. The van der Waals surface area contributed by atoms with Gasteiger partial charge in [-0.05, 0) is 18.6 Å². The fourth-order valence-electron chi connectivity index (χ4n) is 1.54. The van der Waals surface area contributed by atoms with Crippen LogP contribution in [0.2, 0.25) is 5.15 Å². The van der Waals surface area contributed by atoms with Crippen molar-refractivity contribution in [3.05, 3.63) is 61.1 Å². The smallest absolute Gasteiger partial charge is 0.295 e. The Hall–Kier alpha value is -2.02. The van der Waals surface area contributed by atoms with Crippen LogP contribution in [-0.2, 0) is 0 Å². The Kier molecular flexibility index (Phi) is 3.23. The molecule has 4 nitrogen and oxygen atoms in total. The molecule has 19 heavy (non-hydrogen) atoms. The molecule has 2 rings (SSSR count). The van der Waals surface area contributed by atoms with Gasteiger partial charge in [0.15, 0.2) is 16.8 Å².